The lowest BCUT2D eigenvalue weighted by Gasteiger charge is -2.14. The summed E-state index contributed by atoms with van der Waals surface area (Å²) in [6.07, 6.45) is 0. The number of benzene rings is 2. The fourth-order valence-corrected chi connectivity index (χ4v) is 2.68. The number of nitrogens with two attached hydrogens (primary N) is 1. The lowest BCUT2D eigenvalue weighted by Crippen LogP contribution is -2.02. The Bertz CT molecular complexity index is 590. The second kappa shape index (κ2) is 5.85. The Kier molecular flexibility index (Phi) is 4.38. The van der Waals surface area contributed by atoms with Crippen LogP contribution in [0, 0.1) is 13.8 Å². The molecule has 0 heterocycles. The van der Waals surface area contributed by atoms with Crippen LogP contribution in [0.25, 0.3) is 0 Å². The SMILES string of the molecule is Cc1cc(Cl)cc(C)c1OCc1ccc(Br)cc1N. The number of ether oxygens (including phenoxy) is 1. The van der Waals surface area contributed by atoms with Crippen LogP contribution in [0.3, 0.4) is 0 Å². The number of rotatable bonds is 3. The highest BCUT2D eigenvalue weighted by atomic mass is 79.9. The minimum absolute atomic E-state index is 0.447. The summed E-state index contributed by atoms with van der Waals surface area (Å²) in [7, 11) is 0. The van der Waals surface area contributed by atoms with Crippen molar-refractivity contribution in [3.8, 4) is 5.75 Å². The number of halogens is 2. The fraction of sp³-hybridized carbons (Fsp3) is 0.200. The second-order valence-electron chi connectivity index (χ2n) is 4.50. The minimum atomic E-state index is 0.447. The summed E-state index contributed by atoms with van der Waals surface area (Å²) < 4.78 is 6.84. The maximum atomic E-state index is 6.00. The molecule has 0 aliphatic rings. The van der Waals surface area contributed by atoms with E-state index in [1.165, 1.54) is 0 Å². The molecule has 2 nitrogen and oxygen atoms in total. The van der Waals surface area contributed by atoms with Crippen LogP contribution in [0.5, 0.6) is 5.75 Å². The lowest BCUT2D eigenvalue weighted by molar-refractivity contribution is 0.302. The van der Waals surface area contributed by atoms with Crippen LogP contribution in [0.4, 0.5) is 5.69 Å². The standard InChI is InChI=1S/C15H15BrClNO/c1-9-5-13(17)6-10(2)15(9)19-8-11-3-4-12(16)7-14(11)18/h3-7H,8,18H2,1-2H3. The Balaban J connectivity index is 2.19. The van der Waals surface area contributed by atoms with E-state index >= 15 is 0 Å². The van der Waals surface area contributed by atoms with Crippen LogP contribution in [0.1, 0.15) is 16.7 Å². The monoisotopic (exact) mass is 339 g/mol. The van der Waals surface area contributed by atoms with Gasteiger partial charge in [-0.15, -0.1) is 0 Å². The first-order valence-electron chi connectivity index (χ1n) is 5.91. The van der Waals surface area contributed by atoms with E-state index in [-0.39, 0.29) is 0 Å². The van der Waals surface area contributed by atoms with Gasteiger partial charge in [0.2, 0.25) is 0 Å². The van der Waals surface area contributed by atoms with Crippen molar-refractivity contribution in [2.75, 3.05) is 5.73 Å². The Morgan fingerprint density at radius 2 is 1.79 bits per heavy atom. The van der Waals surface area contributed by atoms with E-state index in [4.69, 9.17) is 22.1 Å². The molecule has 2 aromatic rings. The quantitative estimate of drug-likeness (QED) is 0.808. The predicted octanol–water partition coefficient (Wildman–Crippen LogP) is 4.88. The third-order valence-electron chi connectivity index (χ3n) is 2.91. The van der Waals surface area contributed by atoms with Crippen molar-refractivity contribution in [3.05, 3.63) is 56.5 Å². The zero-order valence-corrected chi connectivity index (χ0v) is 13.2. The van der Waals surface area contributed by atoms with E-state index in [0.29, 0.717) is 6.61 Å². The van der Waals surface area contributed by atoms with Gasteiger partial charge in [-0.25, -0.2) is 0 Å². The third-order valence-corrected chi connectivity index (χ3v) is 3.62. The molecule has 0 radical (unpaired) electrons. The molecule has 0 saturated carbocycles. The van der Waals surface area contributed by atoms with Crippen molar-refractivity contribution in [1.82, 2.24) is 0 Å². The molecule has 0 bridgehead atoms. The maximum absolute atomic E-state index is 6.00. The summed E-state index contributed by atoms with van der Waals surface area (Å²) in [6.45, 7) is 4.42. The molecule has 0 unspecified atom stereocenters. The Morgan fingerprint density at radius 1 is 1.16 bits per heavy atom. The Morgan fingerprint density at radius 3 is 2.37 bits per heavy atom. The second-order valence-corrected chi connectivity index (χ2v) is 5.85. The van der Waals surface area contributed by atoms with E-state index in [2.05, 4.69) is 15.9 Å². The van der Waals surface area contributed by atoms with Crippen LogP contribution in [-0.2, 0) is 6.61 Å². The number of hydrogen-bond acceptors (Lipinski definition) is 2. The van der Waals surface area contributed by atoms with Crippen molar-refractivity contribution in [1.29, 1.82) is 0 Å². The van der Waals surface area contributed by atoms with Gasteiger partial charge in [-0.1, -0.05) is 33.6 Å². The van der Waals surface area contributed by atoms with E-state index < -0.39 is 0 Å². The molecular formula is C15H15BrClNO. The predicted molar refractivity (Wildman–Crippen MR) is 83.8 cm³/mol. The smallest absolute Gasteiger partial charge is 0.125 e. The maximum Gasteiger partial charge on any atom is 0.125 e. The first-order valence-corrected chi connectivity index (χ1v) is 7.08. The summed E-state index contributed by atoms with van der Waals surface area (Å²) in [5, 5.41) is 0.727. The van der Waals surface area contributed by atoms with Crippen molar-refractivity contribution in [2.45, 2.75) is 20.5 Å². The van der Waals surface area contributed by atoms with Crippen molar-refractivity contribution >= 4 is 33.2 Å². The molecular weight excluding hydrogens is 326 g/mol. The number of anilines is 1. The third kappa shape index (κ3) is 3.43. The molecule has 0 spiro atoms. The highest BCUT2D eigenvalue weighted by Crippen LogP contribution is 2.28. The van der Waals surface area contributed by atoms with Crippen molar-refractivity contribution < 1.29 is 4.74 Å². The zero-order chi connectivity index (χ0) is 14.0. The molecule has 19 heavy (non-hydrogen) atoms. The highest BCUT2D eigenvalue weighted by Gasteiger charge is 2.07. The molecule has 0 aliphatic carbocycles. The molecule has 4 heteroatoms. The minimum Gasteiger partial charge on any atom is -0.488 e. The first-order chi connectivity index (χ1) is 8.97. The van der Waals surface area contributed by atoms with Gasteiger partial charge in [0.05, 0.1) is 0 Å². The van der Waals surface area contributed by atoms with Crippen LogP contribution in [-0.4, -0.2) is 0 Å². The molecule has 0 saturated heterocycles. The summed E-state index contributed by atoms with van der Waals surface area (Å²) in [5.74, 6) is 0.867. The van der Waals surface area contributed by atoms with Crippen LogP contribution in [0.2, 0.25) is 5.02 Å². The summed E-state index contributed by atoms with van der Waals surface area (Å²) in [5.41, 5.74) is 9.70. The van der Waals surface area contributed by atoms with E-state index in [9.17, 15) is 0 Å². The first kappa shape index (κ1) is 14.2. The molecule has 2 N–H and O–H groups in total. The van der Waals surface area contributed by atoms with Gasteiger partial charge in [-0.2, -0.15) is 0 Å². The van der Waals surface area contributed by atoms with Crippen LogP contribution in [0.15, 0.2) is 34.8 Å². The van der Waals surface area contributed by atoms with Crippen LogP contribution < -0.4 is 10.5 Å². The van der Waals surface area contributed by atoms with Gasteiger partial charge < -0.3 is 10.5 Å². The van der Waals surface area contributed by atoms with Gasteiger partial charge in [-0.05, 0) is 49.2 Å². The average molecular weight is 341 g/mol. The largest absolute Gasteiger partial charge is 0.488 e. The molecule has 0 amide bonds. The molecule has 0 atom stereocenters. The average Bonchev–Trinajstić information content (AvgIpc) is 2.30. The van der Waals surface area contributed by atoms with Gasteiger partial charge in [0.1, 0.15) is 12.4 Å². The highest BCUT2D eigenvalue weighted by molar-refractivity contribution is 9.10. The summed E-state index contributed by atoms with van der Waals surface area (Å²) in [6, 6.07) is 9.58. The Hall–Kier alpha value is -1.19. The summed E-state index contributed by atoms with van der Waals surface area (Å²) >= 11 is 9.39. The van der Waals surface area contributed by atoms with Gasteiger partial charge in [-0.3, -0.25) is 0 Å². The summed E-state index contributed by atoms with van der Waals surface area (Å²) in [4.78, 5) is 0. The van der Waals surface area contributed by atoms with E-state index in [1.54, 1.807) is 0 Å². The number of hydrogen-bond donors (Lipinski definition) is 1. The Labute approximate surface area is 126 Å². The van der Waals surface area contributed by atoms with Gasteiger partial charge in [0.25, 0.3) is 0 Å². The topological polar surface area (TPSA) is 35.2 Å². The zero-order valence-electron chi connectivity index (χ0n) is 10.8. The van der Waals surface area contributed by atoms with E-state index in [0.717, 1.165) is 37.6 Å². The molecule has 0 aromatic heterocycles. The van der Waals surface area contributed by atoms with Crippen LogP contribution >= 0.6 is 27.5 Å². The number of nitrogen functional groups attached to an aromatic ring is 1. The molecule has 100 valence electrons. The normalized spacial score (nSPS) is 10.5. The lowest BCUT2D eigenvalue weighted by atomic mass is 10.1. The van der Waals surface area contributed by atoms with Gasteiger partial charge in [0, 0.05) is 20.7 Å². The van der Waals surface area contributed by atoms with Crippen molar-refractivity contribution in [3.63, 3.8) is 0 Å². The molecule has 0 fully saturated rings. The molecule has 2 rings (SSSR count). The number of aryl methyl sites for hydroxylation is 2. The van der Waals surface area contributed by atoms with Crippen molar-refractivity contribution in [2.24, 2.45) is 0 Å². The van der Waals surface area contributed by atoms with Gasteiger partial charge >= 0.3 is 0 Å². The molecule has 2 aromatic carbocycles. The fourth-order valence-electron chi connectivity index (χ4n) is 1.97. The van der Waals surface area contributed by atoms with E-state index in [1.807, 2.05) is 44.2 Å². The molecule has 0 aliphatic heterocycles. The van der Waals surface area contributed by atoms with Gasteiger partial charge in [0.15, 0.2) is 0 Å².